The average Bonchev–Trinajstić information content (AvgIpc) is 2.39. The third-order valence-corrected chi connectivity index (χ3v) is 2.98. The Labute approximate surface area is 95.8 Å². The summed E-state index contributed by atoms with van der Waals surface area (Å²) in [5.41, 5.74) is 2.35. The van der Waals surface area contributed by atoms with Crippen molar-refractivity contribution in [3.8, 4) is 0 Å². The van der Waals surface area contributed by atoms with E-state index < -0.39 is 0 Å². The Morgan fingerprint density at radius 1 is 1.12 bits per heavy atom. The summed E-state index contributed by atoms with van der Waals surface area (Å²) in [5.74, 6) is 0. The third kappa shape index (κ3) is 2.27. The zero-order valence-corrected chi connectivity index (χ0v) is 9.52. The normalized spacial score (nSPS) is 16.1. The van der Waals surface area contributed by atoms with Crippen LogP contribution < -0.4 is 10.2 Å². The zero-order valence-electron chi connectivity index (χ0n) is 9.52. The zero-order chi connectivity index (χ0) is 11.4. The van der Waals surface area contributed by atoms with Gasteiger partial charge in [-0.1, -0.05) is 0 Å². The van der Waals surface area contributed by atoms with Gasteiger partial charge in [-0.2, -0.15) is 0 Å². The second-order valence-corrected chi connectivity index (χ2v) is 3.93. The van der Waals surface area contributed by atoms with Crippen molar-refractivity contribution < 1.29 is 4.79 Å². The monoisotopic (exact) mass is 219 g/mol. The van der Waals surface area contributed by atoms with E-state index in [-0.39, 0.29) is 0 Å². The molecular formula is C12H17N3O. The predicted octanol–water partition coefficient (Wildman–Crippen LogP) is 1.01. The second kappa shape index (κ2) is 4.88. The molecule has 1 aliphatic rings. The number of nitrogens with zero attached hydrogens (tertiary/aromatic N) is 2. The molecular weight excluding hydrogens is 202 g/mol. The molecule has 1 heterocycles. The highest BCUT2D eigenvalue weighted by Gasteiger charge is 2.15. The van der Waals surface area contributed by atoms with Crippen molar-refractivity contribution in [2.45, 2.75) is 0 Å². The molecule has 0 spiro atoms. The largest absolute Gasteiger partial charge is 0.388 e. The maximum atomic E-state index is 10.6. The highest BCUT2D eigenvalue weighted by atomic mass is 16.1. The van der Waals surface area contributed by atoms with Crippen LogP contribution in [-0.4, -0.2) is 44.5 Å². The first-order chi connectivity index (χ1) is 7.83. The fraction of sp³-hybridized carbons (Fsp3) is 0.417. The van der Waals surface area contributed by atoms with E-state index in [2.05, 4.69) is 34.5 Å². The number of anilines is 2. The lowest BCUT2D eigenvalue weighted by molar-refractivity contribution is -0.118. The molecule has 0 aliphatic carbocycles. The van der Waals surface area contributed by atoms with Crippen molar-refractivity contribution in [3.63, 3.8) is 0 Å². The van der Waals surface area contributed by atoms with Crippen LogP contribution in [0, 0.1) is 0 Å². The molecule has 1 aromatic carbocycles. The number of hydrogen-bond acceptors (Lipinski definition) is 3. The summed E-state index contributed by atoms with van der Waals surface area (Å²) in [6.45, 7) is 3.46. The average molecular weight is 219 g/mol. The molecule has 0 bridgehead atoms. The summed E-state index contributed by atoms with van der Waals surface area (Å²) >= 11 is 0. The lowest BCUT2D eigenvalue weighted by Crippen LogP contribution is -2.45. The van der Waals surface area contributed by atoms with Gasteiger partial charge < -0.3 is 15.1 Å². The first-order valence-corrected chi connectivity index (χ1v) is 5.55. The molecule has 1 amide bonds. The van der Waals surface area contributed by atoms with E-state index in [4.69, 9.17) is 0 Å². The van der Waals surface area contributed by atoms with E-state index in [0.717, 1.165) is 38.3 Å². The number of hydrogen-bond donors (Lipinski definition) is 1. The molecule has 2 rings (SSSR count). The van der Waals surface area contributed by atoms with Crippen LogP contribution in [-0.2, 0) is 4.79 Å². The molecule has 16 heavy (non-hydrogen) atoms. The first kappa shape index (κ1) is 10.8. The summed E-state index contributed by atoms with van der Waals surface area (Å²) in [6.07, 6.45) is 0.932. The van der Waals surface area contributed by atoms with E-state index in [1.807, 2.05) is 11.9 Å². The van der Waals surface area contributed by atoms with E-state index in [1.54, 1.807) is 0 Å². The molecule has 1 aromatic rings. The van der Waals surface area contributed by atoms with Crippen LogP contribution in [0.3, 0.4) is 0 Å². The molecule has 0 atom stereocenters. The summed E-state index contributed by atoms with van der Waals surface area (Å²) < 4.78 is 0. The fourth-order valence-corrected chi connectivity index (χ4v) is 1.92. The van der Waals surface area contributed by atoms with Crippen LogP contribution in [0.5, 0.6) is 0 Å². The number of carbonyl (C=O) groups is 1. The smallest absolute Gasteiger partial charge is 0.209 e. The van der Waals surface area contributed by atoms with E-state index in [9.17, 15) is 4.79 Å². The number of carbonyl (C=O) groups excluding carboxylic acids is 1. The maximum absolute atomic E-state index is 10.6. The SMILES string of the molecule is CNc1ccc(N2CCN(C=O)CC2)cc1. The Kier molecular flexibility index (Phi) is 3.29. The fourth-order valence-electron chi connectivity index (χ4n) is 1.92. The van der Waals surface area contributed by atoms with Crippen LogP contribution >= 0.6 is 0 Å². The van der Waals surface area contributed by atoms with Gasteiger partial charge in [0.25, 0.3) is 0 Å². The molecule has 0 radical (unpaired) electrons. The first-order valence-electron chi connectivity index (χ1n) is 5.55. The van der Waals surface area contributed by atoms with Gasteiger partial charge in [-0.15, -0.1) is 0 Å². The Bertz CT molecular complexity index is 342. The maximum Gasteiger partial charge on any atom is 0.209 e. The quantitative estimate of drug-likeness (QED) is 0.771. The molecule has 0 unspecified atom stereocenters. The Hall–Kier alpha value is -1.71. The summed E-state index contributed by atoms with van der Waals surface area (Å²) in [7, 11) is 1.91. The molecule has 86 valence electrons. The summed E-state index contributed by atoms with van der Waals surface area (Å²) in [4.78, 5) is 14.7. The number of piperazine rings is 1. The van der Waals surface area contributed by atoms with Gasteiger partial charge in [0.2, 0.25) is 6.41 Å². The minimum Gasteiger partial charge on any atom is -0.388 e. The van der Waals surface area contributed by atoms with Crippen LogP contribution in [0.4, 0.5) is 11.4 Å². The van der Waals surface area contributed by atoms with Gasteiger partial charge in [-0.3, -0.25) is 4.79 Å². The standard InChI is InChI=1S/C12H17N3O/c1-13-11-2-4-12(5-3-11)15-8-6-14(10-16)7-9-15/h2-5,10,13H,6-9H2,1H3. The molecule has 1 fully saturated rings. The number of nitrogens with one attached hydrogen (secondary N) is 1. The summed E-state index contributed by atoms with van der Waals surface area (Å²) in [6, 6.07) is 8.37. The molecule has 1 N–H and O–H groups in total. The van der Waals surface area contributed by atoms with Crippen LogP contribution in [0.25, 0.3) is 0 Å². The van der Waals surface area contributed by atoms with Crippen LogP contribution in [0.1, 0.15) is 0 Å². The highest BCUT2D eigenvalue weighted by Crippen LogP contribution is 2.18. The van der Waals surface area contributed by atoms with Gasteiger partial charge >= 0.3 is 0 Å². The highest BCUT2D eigenvalue weighted by molar-refractivity contribution is 5.56. The van der Waals surface area contributed by atoms with Crippen molar-refractivity contribution in [1.82, 2.24) is 4.90 Å². The van der Waals surface area contributed by atoms with Crippen molar-refractivity contribution in [3.05, 3.63) is 24.3 Å². The Balaban J connectivity index is 1.99. The van der Waals surface area contributed by atoms with Gasteiger partial charge in [-0.25, -0.2) is 0 Å². The number of rotatable bonds is 3. The van der Waals surface area contributed by atoms with Crippen molar-refractivity contribution in [1.29, 1.82) is 0 Å². The van der Waals surface area contributed by atoms with Crippen molar-refractivity contribution in [2.75, 3.05) is 43.4 Å². The predicted molar refractivity (Wildman–Crippen MR) is 65.8 cm³/mol. The van der Waals surface area contributed by atoms with Gasteiger partial charge in [0.15, 0.2) is 0 Å². The molecule has 4 heteroatoms. The number of benzene rings is 1. The van der Waals surface area contributed by atoms with E-state index in [1.165, 1.54) is 5.69 Å². The molecule has 0 aromatic heterocycles. The third-order valence-electron chi connectivity index (χ3n) is 2.98. The summed E-state index contributed by atoms with van der Waals surface area (Å²) in [5, 5.41) is 3.10. The molecule has 0 saturated carbocycles. The van der Waals surface area contributed by atoms with E-state index in [0.29, 0.717) is 0 Å². The van der Waals surface area contributed by atoms with Crippen LogP contribution in [0.2, 0.25) is 0 Å². The van der Waals surface area contributed by atoms with Crippen molar-refractivity contribution >= 4 is 17.8 Å². The topological polar surface area (TPSA) is 35.6 Å². The Morgan fingerprint density at radius 2 is 1.75 bits per heavy atom. The van der Waals surface area contributed by atoms with Crippen molar-refractivity contribution in [2.24, 2.45) is 0 Å². The van der Waals surface area contributed by atoms with Gasteiger partial charge in [0.05, 0.1) is 0 Å². The van der Waals surface area contributed by atoms with Crippen LogP contribution in [0.15, 0.2) is 24.3 Å². The molecule has 1 saturated heterocycles. The molecule has 1 aliphatic heterocycles. The van der Waals surface area contributed by atoms with Gasteiger partial charge in [0.1, 0.15) is 0 Å². The van der Waals surface area contributed by atoms with Gasteiger partial charge in [0, 0.05) is 44.6 Å². The molecule has 4 nitrogen and oxygen atoms in total. The lowest BCUT2D eigenvalue weighted by Gasteiger charge is -2.34. The Morgan fingerprint density at radius 3 is 2.25 bits per heavy atom. The minimum absolute atomic E-state index is 0.817. The second-order valence-electron chi connectivity index (χ2n) is 3.93. The minimum atomic E-state index is 0.817. The van der Waals surface area contributed by atoms with Gasteiger partial charge in [-0.05, 0) is 24.3 Å². The number of amides is 1. The lowest BCUT2D eigenvalue weighted by atomic mass is 10.2. The van der Waals surface area contributed by atoms with E-state index >= 15 is 0 Å².